The van der Waals surface area contributed by atoms with Crippen LogP contribution in [0.2, 0.25) is 0 Å². The first kappa shape index (κ1) is 18.2. The molecule has 19 heavy (non-hydrogen) atoms. The topological polar surface area (TPSA) is 70.5 Å². The molecule has 1 aromatic carbocycles. The zero-order valence-electron chi connectivity index (χ0n) is 11.8. The second-order valence-electron chi connectivity index (χ2n) is 4.28. The number of hydrogen-bond acceptors (Lipinski definition) is 4. The van der Waals surface area contributed by atoms with Crippen molar-refractivity contribution in [2.75, 3.05) is 6.61 Å². The highest BCUT2D eigenvalue weighted by atomic mass is 31.1. The van der Waals surface area contributed by atoms with Gasteiger partial charge in [-0.15, -0.1) is 0 Å². The van der Waals surface area contributed by atoms with Crippen molar-refractivity contribution >= 4 is 8.25 Å². The van der Waals surface area contributed by atoms with Crippen LogP contribution in [-0.2, 0) is 9.09 Å². The predicted molar refractivity (Wildman–Crippen MR) is 80.4 cm³/mol. The minimum absolute atomic E-state index is 0. The Hall–Kier alpha value is -0.830. The summed E-state index contributed by atoms with van der Waals surface area (Å²) in [5, 5.41) is 0. The van der Waals surface area contributed by atoms with Gasteiger partial charge in [-0.05, 0) is 18.6 Å². The van der Waals surface area contributed by atoms with Crippen LogP contribution in [0.15, 0.2) is 30.3 Å². The van der Waals surface area contributed by atoms with Crippen molar-refractivity contribution in [3.05, 3.63) is 30.3 Å². The SMILES string of the molecule is CCCCCCCCO[PH](=O)Oc1ccccc1.N. The van der Waals surface area contributed by atoms with E-state index in [-0.39, 0.29) is 6.15 Å². The molecule has 1 atom stereocenters. The fraction of sp³-hybridized carbons (Fsp3) is 0.571. The van der Waals surface area contributed by atoms with E-state index in [2.05, 4.69) is 6.92 Å². The van der Waals surface area contributed by atoms with Crippen molar-refractivity contribution in [3.8, 4) is 5.75 Å². The maximum Gasteiger partial charge on any atom is 0.367 e. The standard InChI is InChI=1S/C14H23O3P.H3N/c1-2-3-4-5-6-10-13-16-18(15)17-14-11-8-7-9-12-14;/h7-9,11-12,18H,2-6,10,13H2,1H3;1H3. The minimum atomic E-state index is -2.39. The molecule has 0 amide bonds. The van der Waals surface area contributed by atoms with Crippen molar-refractivity contribution in [1.82, 2.24) is 6.15 Å². The van der Waals surface area contributed by atoms with Crippen molar-refractivity contribution in [2.45, 2.75) is 45.4 Å². The van der Waals surface area contributed by atoms with Gasteiger partial charge in [0.25, 0.3) is 0 Å². The summed E-state index contributed by atoms with van der Waals surface area (Å²) in [6, 6.07) is 9.13. The van der Waals surface area contributed by atoms with Crippen LogP contribution in [0, 0.1) is 0 Å². The maximum atomic E-state index is 11.5. The van der Waals surface area contributed by atoms with Gasteiger partial charge >= 0.3 is 8.25 Å². The van der Waals surface area contributed by atoms with E-state index in [0.29, 0.717) is 12.4 Å². The van der Waals surface area contributed by atoms with E-state index >= 15 is 0 Å². The molecule has 0 heterocycles. The molecule has 0 aliphatic carbocycles. The second kappa shape index (κ2) is 12.2. The predicted octanol–water partition coefficient (Wildman–Crippen LogP) is 4.99. The zero-order valence-corrected chi connectivity index (χ0v) is 12.8. The molecule has 0 aromatic heterocycles. The van der Waals surface area contributed by atoms with Crippen LogP contribution in [-0.4, -0.2) is 6.61 Å². The summed E-state index contributed by atoms with van der Waals surface area (Å²) in [6.07, 6.45) is 7.17. The van der Waals surface area contributed by atoms with E-state index in [0.717, 1.165) is 12.8 Å². The Balaban J connectivity index is 0.00000324. The Bertz CT molecular complexity index is 333. The van der Waals surface area contributed by atoms with Crippen molar-refractivity contribution in [3.63, 3.8) is 0 Å². The summed E-state index contributed by atoms with van der Waals surface area (Å²) < 4.78 is 21.8. The molecule has 0 saturated carbocycles. The Kier molecular flexibility index (Phi) is 11.7. The average molecular weight is 287 g/mol. The summed E-state index contributed by atoms with van der Waals surface area (Å²) in [7, 11) is -2.39. The molecule has 0 saturated heterocycles. The number of unbranched alkanes of at least 4 members (excludes halogenated alkanes) is 5. The van der Waals surface area contributed by atoms with E-state index in [4.69, 9.17) is 9.05 Å². The lowest BCUT2D eigenvalue weighted by Gasteiger charge is -2.06. The molecule has 110 valence electrons. The average Bonchev–Trinajstić information content (AvgIpc) is 2.39. The van der Waals surface area contributed by atoms with Gasteiger partial charge in [-0.2, -0.15) is 0 Å². The summed E-state index contributed by atoms with van der Waals surface area (Å²) >= 11 is 0. The lowest BCUT2D eigenvalue weighted by Crippen LogP contribution is -1.91. The highest BCUT2D eigenvalue weighted by Crippen LogP contribution is 2.27. The molecule has 5 heteroatoms. The van der Waals surface area contributed by atoms with Crippen LogP contribution in [0.5, 0.6) is 5.75 Å². The molecule has 0 radical (unpaired) electrons. The van der Waals surface area contributed by atoms with Crippen LogP contribution >= 0.6 is 8.25 Å². The maximum absolute atomic E-state index is 11.5. The Morgan fingerprint density at radius 3 is 2.32 bits per heavy atom. The smallest absolute Gasteiger partial charge is 0.367 e. The van der Waals surface area contributed by atoms with Crippen molar-refractivity contribution in [1.29, 1.82) is 0 Å². The fourth-order valence-corrected chi connectivity index (χ4v) is 2.35. The fourth-order valence-electron chi connectivity index (χ4n) is 1.65. The molecule has 0 aliphatic heterocycles. The van der Waals surface area contributed by atoms with Gasteiger partial charge in [-0.25, -0.2) is 4.57 Å². The van der Waals surface area contributed by atoms with Gasteiger partial charge in [-0.1, -0.05) is 57.2 Å². The van der Waals surface area contributed by atoms with Gasteiger partial charge in [0.1, 0.15) is 5.75 Å². The monoisotopic (exact) mass is 287 g/mol. The Morgan fingerprint density at radius 1 is 1.00 bits per heavy atom. The quantitative estimate of drug-likeness (QED) is 0.486. The van der Waals surface area contributed by atoms with E-state index in [1.54, 1.807) is 12.1 Å². The molecular formula is C14H26NO3P. The van der Waals surface area contributed by atoms with Gasteiger partial charge in [-0.3, -0.25) is 0 Å². The molecule has 0 spiro atoms. The second-order valence-corrected chi connectivity index (χ2v) is 5.27. The molecule has 0 fully saturated rings. The normalized spacial score (nSPS) is 11.6. The lowest BCUT2D eigenvalue weighted by atomic mass is 10.1. The first-order valence-corrected chi connectivity index (χ1v) is 7.95. The van der Waals surface area contributed by atoms with Crippen molar-refractivity contribution in [2.24, 2.45) is 0 Å². The first-order chi connectivity index (χ1) is 8.83. The van der Waals surface area contributed by atoms with E-state index in [9.17, 15) is 4.57 Å². The van der Waals surface area contributed by atoms with Gasteiger partial charge in [0.15, 0.2) is 0 Å². The summed E-state index contributed by atoms with van der Waals surface area (Å²) in [5.74, 6) is 0.601. The zero-order chi connectivity index (χ0) is 13.1. The summed E-state index contributed by atoms with van der Waals surface area (Å²) in [5.41, 5.74) is 0. The molecule has 4 nitrogen and oxygen atoms in total. The molecule has 0 bridgehead atoms. The van der Waals surface area contributed by atoms with E-state index in [1.165, 1.54) is 25.7 Å². The summed E-state index contributed by atoms with van der Waals surface area (Å²) in [4.78, 5) is 0. The van der Waals surface area contributed by atoms with Gasteiger partial charge in [0, 0.05) is 0 Å². The highest BCUT2D eigenvalue weighted by molar-refractivity contribution is 7.33. The third-order valence-corrected chi connectivity index (χ3v) is 3.50. The van der Waals surface area contributed by atoms with Crippen LogP contribution in [0.4, 0.5) is 0 Å². The number of rotatable bonds is 10. The number of para-hydroxylation sites is 1. The molecular weight excluding hydrogens is 261 g/mol. The molecule has 1 rings (SSSR count). The van der Waals surface area contributed by atoms with Crippen LogP contribution < -0.4 is 10.7 Å². The number of hydrogen-bond donors (Lipinski definition) is 1. The van der Waals surface area contributed by atoms with Crippen LogP contribution in [0.1, 0.15) is 45.4 Å². The number of benzene rings is 1. The van der Waals surface area contributed by atoms with Gasteiger partial charge in [0.2, 0.25) is 0 Å². The van der Waals surface area contributed by atoms with Crippen LogP contribution in [0.3, 0.4) is 0 Å². The molecule has 1 unspecified atom stereocenters. The largest absolute Gasteiger partial charge is 0.426 e. The molecule has 0 aliphatic rings. The third-order valence-electron chi connectivity index (χ3n) is 2.66. The minimum Gasteiger partial charge on any atom is -0.426 e. The Morgan fingerprint density at radius 2 is 1.63 bits per heavy atom. The van der Waals surface area contributed by atoms with E-state index in [1.807, 2.05) is 18.2 Å². The molecule has 1 aromatic rings. The van der Waals surface area contributed by atoms with E-state index < -0.39 is 8.25 Å². The molecule has 3 N–H and O–H groups in total. The highest BCUT2D eigenvalue weighted by Gasteiger charge is 2.01. The first-order valence-electron chi connectivity index (χ1n) is 6.72. The Labute approximate surface area is 117 Å². The summed E-state index contributed by atoms with van der Waals surface area (Å²) in [6.45, 7) is 2.73. The van der Waals surface area contributed by atoms with Gasteiger partial charge in [0.05, 0.1) is 6.61 Å². The lowest BCUT2D eigenvalue weighted by molar-refractivity contribution is 0.277. The van der Waals surface area contributed by atoms with Crippen molar-refractivity contribution < 1.29 is 13.6 Å². The van der Waals surface area contributed by atoms with Crippen LogP contribution in [0.25, 0.3) is 0 Å². The van der Waals surface area contributed by atoms with Gasteiger partial charge < -0.3 is 15.2 Å². The third kappa shape index (κ3) is 9.71.